The van der Waals surface area contributed by atoms with Crippen LogP contribution >= 0.6 is 0 Å². The molecule has 1 rings (SSSR count). The van der Waals surface area contributed by atoms with Gasteiger partial charge in [0.2, 0.25) is 5.76 Å². The fourth-order valence-corrected chi connectivity index (χ4v) is 0.553. The van der Waals surface area contributed by atoms with Crippen LogP contribution in [-0.2, 0) is 0 Å². The first-order chi connectivity index (χ1) is 4.75. The van der Waals surface area contributed by atoms with Gasteiger partial charge >= 0.3 is 5.69 Å². The van der Waals surface area contributed by atoms with Crippen molar-refractivity contribution in [3.8, 4) is 0 Å². The Morgan fingerprint density at radius 1 is 1.70 bits per heavy atom. The number of nitro groups is 1. The van der Waals surface area contributed by atoms with E-state index in [4.69, 9.17) is 0 Å². The summed E-state index contributed by atoms with van der Waals surface area (Å²) in [6.07, 6.45) is 1.40. The highest BCUT2D eigenvalue weighted by Gasteiger charge is 2.15. The molecule has 52 valence electrons. The van der Waals surface area contributed by atoms with Crippen molar-refractivity contribution in [3.63, 3.8) is 0 Å². The van der Waals surface area contributed by atoms with Gasteiger partial charge in [0, 0.05) is 0 Å². The van der Waals surface area contributed by atoms with Crippen LogP contribution in [-0.4, -0.2) is 11.2 Å². The van der Waals surface area contributed by atoms with Gasteiger partial charge in [0.15, 0.2) is 6.29 Å². The summed E-state index contributed by atoms with van der Waals surface area (Å²) < 4.78 is 4.47. The van der Waals surface area contributed by atoms with E-state index in [1.54, 1.807) is 0 Å². The average Bonchev–Trinajstić information content (AvgIpc) is 2.33. The molecule has 0 N–H and O–H groups in total. The van der Waals surface area contributed by atoms with E-state index in [0.29, 0.717) is 6.29 Å². The number of carbonyl (C=O) groups is 1. The molecule has 0 aliphatic carbocycles. The average molecular weight is 141 g/mol. The van der Waals surface area contributed by atoms with E-state index in [0.717, 1.165) is 12.3 Å². The lowest BCUT2D eigenvalue weighted by atomic mass is 10.4. The Labute approximate surface area is 55.4 Å². The quantitative estimate of drug-likeness (QED) is 0.350. The second-order valence-corrected chi connectivity index (χ2v) is 1.55. The van der Waals surface area contributed by atoms with Crippen molar-refractivity contribution in [2.24, 2.45) is 0 Å². The largest absolute Gasteiger partial charge is 0.454 e. The molecule has 0 amide bonds. The Bertz CT molecular complexity index is 264. The molecular weight excluding hydrogens is 138 g/mol. The second kappa shape index (κ2) is 2.30. The fourth-order valence-electron chi connectivity index (χ4n) is 0.553. The zero-order chi connectivity index (χ0) is 7.56. The standard InChI is InChI=1S/C5H3NO4/c7-3-5-4(6(8)9)1-2-10-5/h1-3H. The molecule has 0 bridgehead atoms. The van der Waals surface area contributed by atoms with Gasteiger partial charge in [-0.2, -0.15) is 0 Å². The van der Waals surface area contributed by atoms with Gasteiger partial charge in [0.1, 0.15) is 0 Å². The molecule has 1 heterocycles. The molecule has 1 aromatic rings. The summed E-state index contributed by atoms with van der Waals surface area (Å²) in [5.74, 6) is -0.245. The van der Waals surface area contributed by atoms with Crippen LogP contribution in [0.5, 0.6) is 0 Å². The zero-order valence-electron chi connectivity index (χ0n) is 4.81. The third kappa shape index (κ3) is 0.883. The topological polar surface area (TPSA) is 73.3 Å². The second-order valence-electron chi connectivity index (χ2n) is 1.55. The van der Waals surface area contributed by atoms with Crippen molar-refractivity contribution >= 4 is 12.0 Å². The molecule has 0 aromatic carbocycles. The zero-order valence-corrected chi connectivity index (χ0v) is 4.81. The van der Waals surface area contributed by atoms with Crippen molar-refractivity contribution in [2.75, 3.05) is 0 Å². The summed E-state index contributed by atoms with van der Waals surface area (Å²) in [4.78, 5) is 19.3. The predicted octanol–water partition coefficient (Wildman–Crippen LogP) is 1.00. The fraction of sp³-hybridized carbons (Fsp3) is 0. The van der Waals surface area contributed by atoms with Crippen LogP contribution in [0.3, 0.4) is 0 Å². The van der Waals surface area contributed by atoms with Gasteiger partial charge in [-0.3, -0.25) is 14.9 Å². The highest BCUT2D eigenvalue weighted by molar-refractivity contribution is 5.76. The number of rotatable bonds is 2. The molecule has 1 aromatic heterocycles. The van der Waals surface area contributed by atoms with E-state index in [1.165, 1.54) is 0 Å². The van der Waals surface area contributed by atoms with Gasteiger partial charge in [-0.15, -0.1) is 0 Å². The van der Waals surface area contributed by atoms with Crippen molar-refractivity contribution in [1.29, 1.82) is 0 Å². The van der Waals surface area contributed by atoms with E-state index < -0.39 is 4.92 Å². The van der Waals surface area contributed by atoms with Crippen LogP contribution in [0.2, 0.25) is 0 Å². The Morgan fingerprint density at radius 3 is 2.80 bits per heavy atom. The van der Waals surface area contributed by atoms with Crippen molar-refractivity contribution in [2.45, 2.75) is 0 Å². The van der Waals surface area contributed by atoms with Crippen LogP contribution in [0.15, 0.2) is 16.7 Å². The number of carbonyl (C=O) groups excluding carboxylic acids is 1. The third-order valence-corrected chi connectivity index (χ3v) is 0.977. The summed E-state index contributed by atoms with van der Waals surface area (Å²) in [5.41, 5.74) is -0.296. The minimum Gasteiger partial charge on any atom is -0.454 e. The van der Waals surface area contributed by atoms with Crippen LogP contribution in [0.1, 0.15) is 10.6 Å². The van der Waals surface area contributed by atoms with Gasteiger partial charge in [-0.1, -0.05) is 0 Å². The summed E-state index contributed by atoms with van der Waals surface area (Å²) in [5, 5.41) is 10.0. The predicted molar refractivity (Wildman–Crippen MR) is 30.7 cm³/mol. The van der Waals surface area contributed by atoms with Gasteiger partial charge in [0.25, 0.3) is 0 Å². The first-order valence-electron chi connectivity index (χ1n) is 2.42. The summed E-state index contributed by atoms with van der Waals surface area (Å²) >= 11 is 0. The Balaban J connectivity index is 3.13. The van der Waals surface area contributed by atoms with Crippen LogP contribution in [0, 0.1) is 10.1 Å². The SMILES string of the molecule is O=Cc1occc1[N+](=O)[O-]. The molecule has 5 nitrogen and oxygen atoms in total. The number of aldehydes is 1. The monoisotopic (exact) mass is 141 g/mol. The third-order valence-electron chi connectivity index (χ3n) is 0.977. The molecule has 0 atom stereocenters. The van der Waals surface area contributed by atoms with E-state index in [-0.39, 0.29) is 11.4 Å². The molecule has 10 heavy (non-hydrogen) atoms. The van der Waals surface area contributed by atoms with Gasteiger partial charge < -0.3 is 4.42 Å². The highest BCUT2D eigenvalue weighted by Crippen LogP contribution is 2.16. The first-order valence-corrected chi connectivity index (χ1v) is 2.42. The summed E-state index contributed by atoms with van der Waals surface area (Å²) in [7, 11) is 0. The van der Waals surface area contributed by atoms with Gasteiger partial charge in [0.05, 0.1) is 17.3 Å². The van der Waals surface area contributed by atoms with Gasteiger partial charge in [-0.25, -0.2) is 0 Å². The highest BCUT2D eigenvalue weighted by atomic mass is 16.6. The lowest BCUT2D eigenvalue weighted by Crippen LogP contribution is -1.88. The summed E-state index contributed by atoms with van der Waals surface area (Å²) in [6, 6.07) is 1.13. The molecule has 0 saturated carbocycles. The van der Waals surface area contributed by atoms with E-state index in [1.807, 2.05) is 0 Å². The van der Waals surface area contributed by atoms with E-state index >= 15 is 0 Å². The molecular formula is C5H3NO4. The number of nitrogens with zero attached hydrogens (tertiary/aromatic N) is 1. The Morgan fingerprint density at radius 2 is 2.40 bits per heavy atom. The lowest BCUT2D eigenvalue weighted by molar-refractivity contribution is -0.385. The summed E-state index contributed by atoms with van der Waals surface area (Å²) in [6.45, 7) is 0. The number of furan rings is 1. The van der Waals surface area contributed by atoms with Crippen LogP contribution < -0.4 is 0 Å². The maximum Gasteiger partial charge on any atom is 0.318 e. The molecule has 0 radical (unpaired) electrons. The first kappa shape index (κ1) is 6.47. The van der Waals surface area contributed by atoms with Crippen LogP contribution in [0.4, 0.5) is 5.69 Å². The molecule has 0 aliphatic rings. The maximum absolute atomic E-state index is 10.0. The lowest BCUT2D eigenvalue weighted by Gasteiger charge is -1.81. The molecule has 0 saturated heterocycles. The minimum absolute atomic E-state index is 0.245. The van der Waals surface area contributed by atoms with Crippen LogP contribution in [0.25, 0.3) is 0 Å². The van der Waals surface area contributed by atoms with Crippen molar-refractivity contribution in [3.05, 3.63) is 28.2 Å². The Hall–Kier alpha value is -1.65. The Kier molecular flexibility index (Phi) is 1.49. The molecule has 0 fully saturated rings. The number of hydrogen-bond donors (Lipinski definition) is 0. The van der Waals surface area contributed by atoms with Crippen molar-refractivity contribution in [1.82, 2.24) is 0 Å². The molecule has 0 unspecified atom stereocenters. The van der Waals surface area contributed by atoms with Gasteiger partial charge in [-0.05, 0) is 0 Å². The molecule has 0 spiro atoms. The van der Waals surface area contributed by atoms with Crippen molar-refractivity contribution < 1.29 is 14.1 Å². The smallest absolute Gasteiger partial charge is 0.318 e. The molecule has 5 heteroatoms. The molecule has 0 aliphatic heterocycles. The minimum atomic E-state index is -0.673. The number of hydrogen-bond acceptors (Lipinski definition) is 4. The van der Waals surface area contributed by atoms with E-state index in [2.05, 4.69) is 4.42 Å². The maximum atomic E-state index is 10.0. The normalized spacial score (nSPS) is 9.20. The van der Waals surface area contributed by atoms with E-state index in [9.17, 15) is 14.9 Å².